The van der Waals surface area contributed by atoms with Crippen molar-refractivity contribution in [1.82, 2.24) is 14.7 Å². The predicted molar refractivity (Wildman–Crippen MR) is 120 cm³/mol. The molecule has 2 aromatic heterocycles. The Balaban J connectivity index is 1.49. The number of carbonyl (C=O) groups is 1. The number of fused-ring (bicyclic) bond motifs is 1. The number of anilines is 1. The predicted octanol–water partition coefficient (Wildman–Crippen LogP) is 4.21. The third-order valence-corrected chi connectivity index (χ3v) is 5.28. The van der Waals surface area contributed by atoms with Crippen molar-refractivity contribution >= 4 is 22.7 Å². The molecular weight excluding hydrogens is 392 g/mol. The lowest BCUT2D eigenvalue weighted by Gasteiger charge is -2.08. The highest BCUT2D eigenvalue weighted by Gasteiger charge is 2.16. The van der Waals surface area contributed by atoms with Crippen LogP contribution in [0.25, 0.3) is 22.4 Å². The number of nitrogens with zero attached hydrogens (tertiary/aromatic N) is 3. The van der Waals surface area contributed by atoms with Gasteiger partial charge in [0.05, 0.1) is 6.33 Å². The molecule has 1 amide bonds. The van der Waals surface area contributed by atoms with Gasteiger partial charge in [0, 0.05) is 24.2 Å². The highest BCUT2D eigenvalue weighted by molar-refractivity contribution is 5.91. The molecular formula is C24H24N4O3. The first-order chi connectivity index (χ1) is 15.1. The van der Waals surface area contributed by atoms with E-state index in [0.29, 0.717) is 11.2 Å². The molecule has 0 radical (unpaired) electrons. The van der Waals surface area contributed by atoms with Crippen molar-refractivity contribution < 1.29 is 9.32 Å². The molecule has 2 aromatic carbocycles. The number of hydrogen-bond acceptors (Lipinski definition) is 5. The first-order valence-electron chi connectivity index (χ1n) is 10.4. The molecule has 0 spiro atoms. The number of hydrogen-bond donors (Lipinski definition) is 1. The fraction of sp³-hybridized carbons (Fsp3) is 0.250. The molecule has 4 aromatic rings. The van der Waals surface area contributed by atoms with E-state index in [-0.39, 0.29) is 30.0 Å². The van der Waals surface area contributed by atoms with E-state index in [0.717, 1.165) is 29.7 Å². The Morgan fingerprint density at radius 2 is 1.84 bits per heavy atom. The Bertz CT molecular complexity index is 1270. The van der Waals surface area contributed by atoms with Crippen LogP contribution >= 0.6 is 0 Å². The maximum absolute atomic E-state index is 12.8. The van der Waals surface area contributed by atoms with Crippen molar-refractivity contribution in [2.75, 3.05) is 5.32 Å². The summed E-state index contributed by atoms with van der Waals surface area (Å²) in [7, 11) is 0. The molecule has 158 valence electrons. The van der Waals surface area contributed by atoms with Gasteiger partial charge < -0.3 is 9.84 Å². The SMILES string of the molecule is CCc1ccc(-c2noc3c(=O)n(CCC(=O)Nc4cccc(CC)c4)cnc23)cc1. The number of amides is 1. The summed E-state index contributed by atoms with van der Waals surface area (Å²) in [4.78, 5) is 29.5. The van der Waals surface area contributed by atoms with Crippen LogP contribution < -0.4 is 10.9 Å². The summed E-state index contributed by atoms with van der Waals surface area (Å²) < 4.78 is 6.69. The van der Waals surface area contributed by atoms with Crippen molar-refractivity contribution in [3.8, 4) is 11.3 Å². The number of aromatic nitrogens is 3. The average molecular weight is 416 g/mol. The van der Waals surface area contributed by atoms with Crippen molar-refractivity contribution in [3.63, 3.8) is 0 Å². The van der Waals surface area contributed by atoms with Gasteiger partial charge in [-0.1, -0.05) is 55.4 Å². The second-order valence-corrected chi connectivity index (χ2v) is 7.35. The molecule has 1 N–H and O–H groups in total. The standard InChI is InChI=1S/C24H24N4O3/c1-3-16-8-10-18(11-9-16)21-22-23(31-27-21)24(30)28(15-25-22)13-12-20(29)26-19-7-5-6-17(4-2)14-19/h5-11,14-15H,3-4,12-13H2,1-2H3,(H,26,29). The smallest absolute Gasteiger partial charge is 0.299 e. The van der Waals surface area contributed by atoms with Crippen molar-refractivity contribution in [2.24, 2.45) is 0 Å². The van der Waals surface area contributed by atoms with Gasteiger partial charge in [0.1, 0.15) is 11.2 Å². The van der Waals surface area contributed by atoms with E-state index >= 15 is 0 Å². The lowest BCUT2D eigenvalue weighted by atomic mass is 10.1. The Morgan fingerprint density at radius 3 is 2.58 bits per heavy atom. The molecule has 0 unspecified atom stereocenters. The highest BCUT2D eigenvalue weighted by Crippen LogP contribution is 2.25. The quantitative estimate of drug-likeness (QED) is 0.487. The minimum absolute atomic E-state index is 0.0909. The van der Waals surface area contributed by atoms with E-state index in [1.165, 1.54) is 16.5 Å². The van der Waals surface area contributed by atoms with Gasteiger partial charge in [0.25, 0.3) is 11.1 Å². The number of carbonyl (C=O) groups excluding carboxylic acids is 1. The summed E-state index contributed by atoms with van der Waals surface area (Å²) in [5, 5.41) is 6.93. The Morgan fingerprint density at radius 1 is 1.06 bits per heavy atom. The highest BCUT2D eigenvalue weighted by atomic mass is 16.5. The molecule has 0 aliphatic carbocycles. The third kappa shape index (κ3) is 4.40. The van der Waals surface area contributed by atoms with E-state index in [1.807, 2.05) is 48.5 Å². The van der Waals surface area contributed by atoms with Gasteiger partial charge in [-0.3, -0.25) is 14.2 Å². The van der Waals surface area contributed by atoms with Crippen LogP contribution in [0.15, 0.2) is 64.2 Å². The fourth-order valence-corrected chi connectivity index (χ4v) is 3.42. The van der Waals surface area contributed by atoms with E-state index in [2.05, 4.69) is 29.3 Å². The molecule has 0 saturated heterocycles. The van der Waals surface area contributed by atoms with E-state index in [4.69, 9.17) is 4.52 Å². The van der Waals surface area contributed by atoms with Gasteiger partial charge in [0.2, 0.25) is 5.91 Å². The van der Waals surface area contributed by atoms with Crippen LogP contribution in [-0.2, 0) is 24.2 Å². The molecule has 0 bridgehead atoms. The average Bonchev–Trinajstić information content (AvgIpc) is 3.24. The molecule has 0 aliphatic rings. The third-order valence-electron chi connectivity index (χ3n) is 5.28. The molecule has 2 heterocycles. The maximum Gasteiger partial charge on any atom is 0.299 e. The molecule has 4 rings (SSSR count). The Kier molecular flexibility index (Phi) is 5.93. The maximum atomic E-state index is 12.8. The lowest BCUT2D eigenvalue weighted by molar-refractivity contribution is -0.116. The molecule has 31 heavy (non-hydrogen) atoms. The van der Waals surface area contributed by atoms with Crippen LogP contribution in [0, 0.1) is 0 Å². The van der Waals surface area contributed by atoms with Crippen LogP contribution in [0.5, 0.6) is 0 Å². The van der Waals surface area contributed by atoms with Crippen LogP contribution in [0.4, 0.5) is 5.69 Å². The summed E-state index contributed by atoms with van der Waals surface area (Å²) in [6, 6.07) is 15.6. The van der Waals surface area contributed by atoms with Gasteiger partial charge in [-0.15, -0.1) is 0 Å². The fourth-order valence-electron chi connectivity index (χ4n) is 3.42. The summed E-state index contributed by atoms with van der Waals surface area (Å²) in [5.41, 5.74) is 4.65. The van der Waals surface area contributed by atoms with Crippen LogP contribution in [0.3, 0.4) is 0 Å². The van der Waals surface area contributed by atoms with Gasteiger partial charge in [-0.25, -0.2) is 4.98 Å². The summed E-state index contributed by atoms with van der Waals surface area (Å²) in [6.07, 6.45) is 3.42. The van der Waals surface area contributed by atoms with Gasteiger partial charge in [0.15, 0.2) is 0 Å². The summed E-state index contributed by atoms with van der Waals surface area (Å²) >= 11 is 0. The first kappa shape index (κ1) is 20.5. The molecule has 7 heteroatoms. The lowest BCUT2D eigenvalue weighted by Crippen LogP contribution is -2.23. The van der Waals surface area contributed by atoms with Gasteiger partial charge in [-0.05, 0) is 36.1 Å². The molecule has 0 saturated carbocycles. The number of aryl methyl sites for hydroxylation is 3. The largest absolute Gasteiger partial charge is 0.348 e. The normalized spacial score (nSPS) is 11.0. The second kappa shape index (κ2) is 8.95. The van der Waals surface area contributed by atoms with Gasteiger partial charge in [-0.2, -0.15) is 0 Å². The summed E-state index contributed by atoms with van der Waals surface area (Å²) in [6.45, 7) is 4.35. The van der Waals surface area contributed by atoms with E-state index < -0.39 is 0 Å². The van der Waals surface area contributed by atoms with Gasteiger partial charge >= 0.3 is 0 Å². The second-order valence-electron chi connectivity index (χ2n) is 7.35. The molecule has 7 nitrogen and oxygen atoms in total. The zero-order chi connectivity index (χ0) is 21.8. The summed E-state index contributed by atoms with van der Waals surface area (Å²) in [5.74, 6) is -0.172. The zero-order valence-electron chi connectivity index (χ0n) is 17.6. The van der Waals surface area contributed by atoms with Crippen LogP contribution in [0.1, 0.15) is 31.4 Å². The topological polar surface area (TPSA) is 90.0 Å². The van der Waals surface area contributed by atoms with E-state index in [9.17, 15) is 9.59 Å². The molecule has 0 aliphatic heterocycles. The van der Waals surface area contributed by atoms with Crippen LogP contribution in [-0.4, -0.2) is 20.6 Å². The number of benzene rings is 2. The van der Waals surface area contributed by atoms with Crippen LogP contribution in [0.2, 0.25) is 0 Å². The molecule has 0 atom stereocenters. The minimum Gasteiger partial charge on any atom is -0.348 e. The Hall–Kier alpha value is -3.74. The van der Waals surface area contributed by atoms with Crippen molar-refractivity contribution in [2.45, 2.75) is 39.7 Å². The number of nitrogens with one attached hydrogen (secondary N) is 1. The molecule has 0 fully saturated rings. The first-order valence-corrected chi connectivity index (χ1v) is 10.4. The Labute approximate surface area is 179 Å². The van der Waals surface area contributed by atoms with Crippen molar-refractivity contribution in [1.29, 1.82) is 0 Å². The number of rotatable bonds is 7. The minimum atomic E-state index is -0.352. The van der Waals surface area contributed by atoms with Crippen molar-refractivity contribution in [3.05, 3.63) is 76.3 Å². The zero-order valence-corrected chi connectivity index (χ0v) is 17.6. The monoisotopic (exact) mass is 416 g/mol. The van der Waals surface area contributed by atoms with E-state index in [1.54, 1.807) is 0 Å².